The van der Waals surface area contributed by atoms with Crippen molar-refractivity contribution in [3.8, 4) is 0 Å². The van der Waals surface area contributed by atoms with Crippen molar-refractivity contribution < 1.29 is 19.4 Å². The van der Waals surface area contributed by atoms with Gasteiger partial charge in [0.1, 0.15) is 11.4 Å². The minimum atomic E-state index is -1.26. The lowest BCUT2D eigenvalue weighted by molar-refractivity contribution is 0.0630. The van der Waals surface area contributed by atoms with E-state index in [0.29, 0.717) is 5.69 Å². The highest BCUT2D eigenvalue weighted by Gasteiger charge is 2.22. The van der Waals surface area contributed by atoms with Crippen LogP contribution in [0.3, 0.4) is 0 Å². The summed E-state index contributed by atoms with van der Waals surface area (Å²) in [5, 5.41) is 11.5. The van der Waals surface area contributed by atoms with E-state index < -0.39 is 17.7 Å². The number of amides is 1. The van der Waals surface area contributed by atoms with E-state index in [1.54, 1.807) is 20.8 Å². The van der Waals surface area contributed by atoms with Gasteiger partial charge in [0.05, 0.1) is 5.69 Å². The van der Waals surface area contributed by atoms with Gasteiger partial charge in [0.25, 0.3) is 0 Å². The first-order chi connectivity index (χ1) is 9.38. The number of carbonyl (C=O) groups is 2. The number of rotatable bonds is 2. The van der Waals surface area contributed by atoms with Crippen molar-refractivity contribution >= 4 is 17.9 Å². The molecule has 0 saturated heterocycles. The first-order valence-electron chi connectivity index (χ1n) is 6.51. The lowest BCUT2D eigenvalue weighted by Crippen LogP contribution is -2.28. The molecule has 0 spiro atoms. The Morgan fingerprint density at radius 2 is 1.71 bits per heavy atom. The fraction of sp³-hybridized carbons (Fsp3) is 0.571. The van der Waals surface area contributed by atoms with E-state index in [-0.39, 0.29) is 17.1 Å². The molecule has 0 bridgehead atoms. The molecule has 0 radical (unpaired) electrons. The van der Waals surface area contributed by atoms with Gasteiger partial charge in [0.2, 0.25) is 5.82 Å². The number of aromatic nitrogens is 2. The predicted molar refractivity (Wildman–Crippen MR) is 77.5 cm³/mol. The number of nitrogens with one attached hydrogen (secondary N) is 1. The molecule has 7 nitrogen and oxygen atoms in total. The molecule has 0 saturated carbocycles. The molecule has 1 aromatic heterocycles. The van der Waals surface area contributed by atoms with Crippen LogP contribution in [-0.4, -0.2) is 32.7 Å². The molecular formula is C14H21N3O4. The van der Waals surface area contributed by atoms with Crippen molar-refractivity contribution in [1.82, 2.24) is 9.97 Å². The SMILES string of the molecule is CC(C)(C)OC(=O)Nc1cc(C(C)(C)C)nc(C(=O)O)n1. The summed E-state index contributed by atoms with van der Waals surface area (Å²) in [5.74, 6) is -1.52. The Balaban J connectivity index is 3.10. The largest absolute Gasteiger partial charge is 0.475 e. The van der Waals surface area contributed by atoms with E-state index in [0.717, 1.165) is 0 Å². The molecule has 0 aliphatic carbocycles. The second-order valence-corrected chi connectivity index (χ2v) is 6.64. The third-order valence-electron chi connectivity index (χ3n) is 2.31. The highest BCUT2D eigenvalue weighted by molar-refractivity contribution is 5.86. The van der Waals surface area contributed by atoms with Crippen molar-refractivity contribution in [3.05, 3.63) is 17.6 Å². The number of hydrogen-bond acceptors (Lipinski definition) is 5. The molecule has 1 rings (SSSR count). The summed E-state index contributed by atoms with van der Waals surface area (Å²) in [5.41, 5.74) is -0.516. The number of carbonyl (C=O) groups excluding carboxylic acids is 1. The Hall–Kier alpha value is -2.18. The van der Waals surface area contributed by atoms with Gasteiger partial charge in [-0.2, -0.15) is 0 Å². The summed E-state index contributed by atoms with van der Waals surface area (Å²) in [4.78, 5) is 30.6. The average Bonchev–Trinajstić information content (AvgIpc) is 2.24. The maximum Gasteiger partial charge on any atom is 0.413 e. The monoisotopic (exact) mass is 295 g/mol. The van der Waals surface area contributed by atoms with Gasteiger partial charge >= 0.3 is 12.1 Å². The predicted octanol–water partition coefficient (Wildman–Crippen LogP) is 2.82. The van der Waals surface area contributed by atoms with E-state index >= 15 is 0 Å². The van der Waals surface area contributed by atoms with Gasteiger partial charge in [0, 0.05) is 11.5 Å². The zero-order valence-corrected chi connectivity index (χ0v) is 13.1. The number of nitrogens with zero attached hydrogens (tertiary/aromatic N) is 2. The highest BCUT2D eigenvalue weighted by atomic mass is 16.6. The summed E-state index contributed by atoms with van der Waals surface area (Å²) in [6.45, 7) is 10.9. The molecule has 0 aliphatic heterocycles. The van der Waals surface area contributed by atoms with Crippen LogP contribution in [0.25, 0.3) is 0 Å². The van der Waals surface area contributed by atoms with Gasteiger partial charge in [-0.3, -0.25) is 5.32 Å². The maximum absolute atomic E-state index is 11.7. The Kier molecular flexibility index (Phi) is 4.56. The molecule has 0 fully saturated rings. The summed E-state index contributed by atoms with van der Waals surface area (Å²) >= 11 is 0. The van der Waals surface area contributed by atoms with Gasteiger partial charge in [-0.15, -0.1) is 0 Å². The summed E-state index contributed by atoms with van der Waals surface area (Å²) < 4.78 is 5.11. The van der Waals surface area contributed by atoms with Gasteiger partial charge in [-0.05, 0) is 20.8 Å². The van der Waals surface area contributed by atoms with Crippen LogP contribution in [-0.2, 0) is 10.2 Å². The van der Waals surface area contributed by atoms with Gasteiger partial charge in [-0.25, -0.2) is 19.6 Å². The van der Waals surface area contributed by atoms with Crippen molar-refractivity contribution in [3.63, 3.8) is 0 Å². The minimum absolute atomic E-state index is 0.0987. The molecule has 1 amide bonds. The van der Waals surface area contributed by atoms with Crippen molar-refractivity contribution in [2.75, 3.05) is 5.32 Å². The second kappa shape index (κ2) is 5.67. The first kappa shape index (κ1) is 16.9. The van der Waals surface area contributed by atoms with Crippen LogP contribution in [0.5, 0.6) is 0 Å². The van der Waals surface area contributed by atoms with E-state index in [4.69, 9.17) is 9.84 Å². The second-order valence-electron chi connectivity index (χ2n) is 6.64. The Morgan fingerprint density at radius 3 is 2.14 bits per heavy atom. The Bertz CT molecular complexity index is 556. The molecule has 0 aromatic carbocycles. The van der Waals surface area contributed by atoms with Crippen molar-refractivity contribution in [2.24, 2.45) is 0 Å². The van der Waals surface area contributed by atoms with Crippen LogP contribution >= 0.6 is 0 Å². The normalized spacial score (nSPS) is 11.9. The maximum atomic E-state index is 11.7. The quantitative estimate of drug-likeness (QED) is 0.870. The number of carboxylic acid groups (broad SMARTS) is 1. The number of anilines is 1. The molecule has 7 heteroatoms. The molecule has 1 heterocycles. The number of aromatic carboxylic acids is 1. The molecule has 0 unspecified atom stereocenters. The van der Waals surface area contributed by atoms with E-state index in [2.05, 4.69) is 15.3 Å². The van der Waals surface area contributed by atoms with Crippen LogP contribution < -0.4 is 5.32 Å². The lowest BCUT2D eigenvalue weighted by atomic mass is 9.92. The van der Waals surface area contributed by atoms with Crippen LogP contribution in [0.2, 0.25) is 0 Å². The Morgan fingerprint density at radius 1 is 1.14 bits per heavy atom. The van der Waals surface area contributed by atoms with Gasteiger partial charge in [-0.1, -0.05) is 20.8 Å². The Labute approximate surface area is 123 Å². The van der Waals surface area contributed by atoms with Crippen molar-refractivity contribution in [1.29, 1.82) is 0 Å². The van der Waals surface area contributed by atoms with Gasteiger partial charge < -0.3 is 9.84 Å². The summed E-state index contributed by atoms with van der Waals surface area (Å²) in [6.07, 6.45) is -0.697. The van der Waals surface area contributed by atoms with Crippen LogP contribution in [0, 0.1) is 0 Å². The molecule has 1 aromatic rings. The topological polar surface area (TPSA) is 101 Å². The molecule has 116 valence electrons. The van der Waals surface area contributed by atoms with Crippen molar-refractivity contribution in [2.45, 2.75) is 52.6 Å². The number of carboxylic acids is 1. The third-order valence-corrected chi connectivity index (χ3v) is 2.31. The summed E-state index contributed by atoms with van der Waals surface area (Å²) in [7, 11) is 0. The number of ether oxygens (including phenoxy) is 1. The summed E-state index contributed by atoms with van der Waals surface area (Å²) in [6, 6.07) is 1.54. The minimum Gasteiger partial charge on any atom is -0.475 e. The highest BCUT2D eigenvalue weighted by Crippen LogP contribution is 2.22. The van der Waals surface area contributed by atoms with E-state index in [1.165, 1.54) is 6.07 Å². The lowest BCUT2D eigenvalue weighted by Gasteiger charge is -2.21. The molecule has 2 N–H and O–H groups in total. The molecule has 0 aliphatic rings. The fourth-order valence-electron chi connectivity index (χ4n) is 1.40. The zero-order valence-electron chi connectivity index (χ0n) is 13.1. The van der Waals surface area contributed by atoms with Crippen LogP contribution in [0.1, 0.15) is 57.9 Å². The zero-order chi connectivity index (χ0) is 16.4. The molecular weight excluding hydrogens is 274 g/mol. The number of hydrogen-bond donors (Lipinski definition) is 2. The van der Waals surface area contributed by atoms with E-state index in [1.807, 2.05) is 20.8 Å². The molecule has 0 atom stereocenters. The first-order valence-corrected chi connectivity index (χ1v) is 6.51. The van der Waals surface area contributed by atoms with E-state index in [9.17, 15) is 9.59 Å². The average molecular weight is 295 g/mol. The van der Waals surface area contributed by atoms with Gasteiger partial charge in [0.15, 0.2) is 0 Å². The standard InChI is InChI=1S/C14H21N3O4/c1-13(2,3)8-7-9(16-10(15-8)11(18)19)17-12(20)21-14(4,5)6/h7H,1-6H3,(H,18,19)(H,15,16,17,20). The van der Waals surface area contributed by atoms with Crippen LogP contribution in [0.4, 0.5) is 10.6 Å². The smallest absolute Gasteiger partial charge is 0.413 e. The molecule has 21 heavy (non-hydrogen) atoms. The third kappa shape index (κ3) is 5.37. The van der Waals surface area contributed by atoms with Crippen LogP contribution in [0.15, 0.2) is 6.07 Å². The fourth-order valence-corrected chi connectivity index (χ4v) is 1.40.